The highest BCUT2D eigenvalue weighted by molar-refractivity contribution is 5.94. The van der Waals surface area contributed by atoms with Gasteiger partial charge in [-0.25, -0.2) is 9.59 Å². The van der Waals surface area contributed by atoms with E-state index >= 15 is 0 Å². The number of hydrogen-bond donors (Lipinski definition) is 2. The minimum Gasteiger partial charge on any atom is -0.479 e. The summed E-state index contributed by atoms with van der Waals surface area (Å²) in [5.74, 6) is -1.47. The van der Waals surface area contributed by atoms with Crippen LogP contribution < -0.4 is 5.32 Å². The SMILES string of the molecule is CCC(C)(NC(=O)OCC1c2ccccc2-c2ccccc21)C(=O)N1CCCC1(CC)C(=O)O. The highest BCUT2D eigenvalue weighted by atomic mass is 16.5. The number of likely N-dealkylation sites (tertiary alicyclic amines) is 1. The van der Waals surface area contributed by atoms with Gasteiger partial charge in [0.1, 0.15) is 17.7 Å². The van der Waals surface area contributed by atoms with Gasteiger partial charge in [-0.1, -0.05) is 62.4 Å². The van der Waals surface area contributed by atoms with Crippen molar-refractivity contribution in [3.63, 3.8) is 0 Å². The second-order valence-corrected chi connectivity index (χ2v) is 9.39. The van der Waals surface area contributed by atoms with Crippen molar-refractivity contribution in [3.8, 4) is 11.1 Å². The van der Waals surface area contributed by atoms with E-state index in [9.17, 15) is 19.5 Å². The van der Waals surface area contributed by atoms with E-state index in [0.29, 0.717) is 32.2 Å². The van der Waals surface area contributed by atoms with Crippen LogP contribution in [0.4, 0.5) is 4.79 Å². The first-order valence-electron chi connectivity index (χ1n) is 12.0. The Bertz CT molecular complexity index is 1070. The van der Waals surface area contributed by atoms with E-state index in [1.54, 1.807) is 20.8 Å². The van der Waals surface area contributed by atoms with Crippen molar-refractivity contribution >= 4 is 18.0 Å². The number of alkyl carbamates (subject to hydrolysis) is 1. The van der Waals surface area contributed by atoms with Crippen LogP contribution in [0, 0.1) is 0 Å². The number of fused-ring (bicyclic) bond motifs is 3. The van der Waals surface area contributed by atoms with E-state index in [-0.39, 0.29) is 18.4 Å². The number of carbonyl (C=O) groups is 3. The third kappa shape index (κ3) is 3.83. The van der Waals surface area contributed by atoms with E-state index < -0.39 is 23.1 Å². The number of rotatable bonds is 7. The summed E-state index contributed by atoms with van der Waals surface area (Å²) in [6.45, 7) is 5.72. The molecule has 4 rings (SSSR count). The average molecular weight is 465 g/mol. The number of carboxylic acid groups (broad SMARTS) is 1. The van der Waals surface area contributed by atoms with Crippen LogP contribution in [0.15, 0.2) is 48.5 Å². The summed E-state index contributed by atoms with van der Waals surface area (Å²) in [4.78, 5) is 39.8. The Kier molecular flexibility index (Phi) is 6.39. The van der Waals surface area contributed by atoms with Crippen LogP contribution in [0.1, 0.15) is 63.5 Å². The molecule has 2 atom stereocenters. The molecule has 2 aliphatic rings. The minimum absolute atomic E-state index is 0.0833. The Balaban J connectivity index is 1.48. The number of aliphatic carboxylic acids is 1. The van der Waals surface area contributed by atoms with E-state index in [1.807, 2.05) is 36.4 Å². The van der Waals surface area contributed by atoms with Gasteiger partial charge in [-0.3, -0.25) is 4.79 Å². The second-order valence-electron chi connectivity index (χ2n) is 9.39. The zero-order valence-electron chi connectivity index (χ0n) is 20.0. The molecule has 7 nitrogen and oxygen atoms in total. The molecule has 180 valence electrons. The molecule has 0 saturated carbocycles. The maximum absolute atomic E-state index is 13.5. The number of nitrogens with zero attached hydrogens (tertiary/aromatic N) is 1. The first-order chi connectivity index (χ1) is 16.3. The summed E-state index contributed by atoms with van der Waals surface area (Å²) in [7, 11) is 0. The summed E-state index contributed by atoms with van der Waals surface area (Å²) in [6.07, 6.45) is 0.979. The molecule has 0 aromatic heterocycles. The summed E-state index contributed by atoms with van der Waals surface area (Å²) in [5.41, 5.74) is 2.01. The number of ether oxygens (including phenoxy) is 1. The lowest BCUT2D eigenvalue weighted by molar-refractivity contribution is -0.159. The first kappa shape index (κ1) is 23.8. The molecular weight excluding hydrogens is 432 g/mol. The molecule has 7 heteroatoms. The van der Waals surface area contributed by atoms with Gasteiger partial charge in [0.05, 0.1) is 0 Å². The van der Waals surface area contributed by atoms with Crippen molar-refractivity contribution < 1.29 is 24.2 Å². The molecule has 1 aliphatic carbocycles. The summed E-state index contributed by atoms with van der Waals surface area (Å²) < 4.78 is 5.64. The monoisotopic (exact) mass is 464 g/mol. The zero-order valence-corrected chi connectivity index (χ0v) is 20.0. The van der Waals surface area contributed by atoms with Crippen LogP contribution in [-0.2, 0) is 14.3 Å². The molecule has 0 radical (unpaired) electrons. The van der Waals surface area contributed by atoms with Crippen LogP contribution in [0.3, 0.4) is 0 Å². The highest BCUT2D eigenvalue weighted by Crippen LogP contribution is 2.44. The van der Waals surface area contributed by atoms with Crippen LogP contribution in [-0.4, -0.2) is 52.2 Å². The molecule has 1 heterocycles. The second kappa shape index (κ2) is 9.12. The zero-order chi connectivity index (χ0) is 24.5. The average Bonchev–Trinajstić information content (AvgIpc) is 3.42. The van der Waals surface area contributed by atoms with Gasteiger partial charge in [-0.2, -0.15) is 0 Å². The number of carbonyl (C=O) groups excluding carboxylic acids is 2. The van der Waals surface area contributed by atoms with Crippen LogP contribution in [0.2, 0.25) is 0 Å². The maximum Gasteiger partial charge on any atom is 0.408 e. The summed E-state index contributed by atoms with van der Waals surface area (Å²) >= 11 is 0. The Morgan fingerprint density at radius 2 is 1.68 bits per heavy atom. The Morgan fingerprint density at radius 3 is 2.21 bits per heavy atom. The molecule has 2 unspecified atom stereocenters. The Hall–Kier alpha value is -3.35. The molecule has 0 bridgehead atoms. The standard InChI is InChI=1S/C27H32N2O5/c1-4-26(3,23(30)29-16-10-15-27(29,5-2)24(31)32)28-25(33)34-17-22-20-13-8-6-11-18(20)19-12-7-9-14-21(19)22/h6-9,11-14,22H,4-5,10,15-17H2,1-3H3,(H,28,33)(H,31,32). The normalized spacial score (nSPS) is 20.9. The quantitative estimate of drug-likeness (QED) is 0.627. The number of hydrogen-bond acceptors (Lipinski definition) is 4. The third-order valence-corrected chi connectivity index (χ3v) is 7.62. The van der Waals surface area contributed by atoms with Crippen molar-refractivity contribution in [1.29, 1.82) is 0 Å². The van der Waals surface area contributed by atoms with Gasteiger partial charge in [0.2, 0.25) is 5.91 Å². The molecule has 2 aromatic rings. The fourth-order valence-electron chi connectivity index (χ4n) is 5.37. The summed E-state index contributed by atoms with van der Waals surface area (Å²) in [5, 5.41) is 12.6. The van der Waals surface area contributed by atoms with Gasteiger partial charge in [0, 0.05) is 12.5 Å². The van der Waals surface area contributed by atoms with Gasteiger partial charge < -0.3 is 20.1 Å². The first-order valence-corrected chi connectivity index (χ1v) is 12.0. The fraction of sp³-hybridized carbons (Fsp3) is 0.444. The Labute approximate surface area is 200 Å². The van der Waals surface area contributed by atoms with Crippen molar-refractivity contribution in [3.05, 3.63) is 59.7 Å². The van der Waals surface area contributed by atoms with Crippen molar-refractivity contribution in [2.75, 3.05) is 13.2 Å². The fourth-order valence-corrected chi connectivity index (χ4v) is 5.37. The molecular formula is C27H32N2O5. The molecule has 2 aromatic carbocycles. The molecule has 0 spiro atoms. The van der Waals surface area contributed by atoms with Crippen LogP contribution in [0.5, 0.6) is 0 Å². The molecule has 1 saturated heterocycles. The van der Waals surface area contributed by atoms with Crippen molar-refractivity contribution in [2.45, 2.75) is 63.5 Å². The number of nitrogens with one attached hydrogen (secondary N) is 1. The third-order valence-electron chi connectivity index (χ3n) is 7.62. The van der Waals surface area contributed by atoms with Crippen molar-refractivity contribution in [2.24, 2.45) is 0 Å². The van der Waals surface area contributed by atoms with E-state index in [2.05, 4.69) is 17.4 Å². The number of benzene rings is 2. The van der Waals surface area contributed by atoms with Crippen molar-refractivity contribution in [1.82, 2.24) is 10.2 Å². The number of amides is 2. The molecule has 2 amide bonds. The largest absolute Gasteiger partial charge is 0.479 e. The van der Waals surface area contributed by atoms with E-state index in [1.165, 1.54) is 4.90 Å². The van der Waals surface area contributed by atoms with Gasteiger partial charge in [-0.05, 0) is 54.9 Å². The topological polar surface area (TPSA) is 95.9 Å². The van der Waals surface area contributed by atoms with Gasteiger partial charge in [-0.15, -0.1) is 0 Å². The lowest BCUT2D eigenvalue weighted by Crippen LogP contribution is -2.63. The van der Waals surface area contributed by atoms with Gasteiger partial charge in [0.25, 0.3) is 0 Å². The molecule has 2 N–H and O–H groups in total. The van der Waals surface area contributed by atoms with Crippen LogP contribution >= 0.6 is 0 Å². The Morgan fingerprint density at radius 1 is 1.09 bits per heavy atom. The van der Waals surface area contributed by atoms with Crippen LogP contribution in [0.25, 0.3) is 11.1 Å². The maximum atomic E-state index is 13.5. The minimum atomic E-state index is -1.26. The molecule has 1 aliphatic heterocycles. The van der Waals surface area contributed by atoms with Gasteiger partial charge >= 0.3 is 12.1 Å². The lowest BCUT2D eigenvalue weighted by atomic mass is 9.89. The molecule has 34 heavy (non-hydrogen) atoms. The number of carboxylic acids is 1. The van der Waals surface area contributed by atoms with E-state index in [4.69, 9.17) is 4.74 Å². The smallest absolute Gasteiger partial charge is 0.408 e. The van der Waals surface area contributed by atoms with Gasteiger partial charge in [0.15, 0.2) is 0 Å². The molecule has 1 fully saturated rings. The highest BCUT2D eigenvalue weighted by Gasteiger charge is 2.52. The lowest BCUT2D eigenvalue weighted by Gasteiger charge is -2.40. The predicted molar refractivity (Wildman–Crippen MR) is 129 cm³/mol. The predicted octanol–water partition coefficient (Wildman–Crippen LogP) is 4.55. The van der Waals surface area contributed by atoms with E-state index in [0.717, 1.165) is 22.3 Å². The summed E-state index contributed by atoms with van der Waals surface area (Å²) in [6, 6.07) is 16.2.